The predicted octanol–water partition coefficient (Wildman–Crippen LogP) is 3.15. The number of hydrogen-bond acceptors (Lipinski definition) is 4. The average molecular weight is 242 g/mol. The topological polar surface area (TPSA) is 95.2 Å². The molecule has 0 aromatic carbocycles. The highest BCUT2D eigenvalue weighted by Crippen LogP contribution is 2.24. The Morgan fingerprint density at radius 1 is 0.722 bits per heavy atom. The summed E-state index contributed by atoms with van der Waals surface area (Å²) in [7, 11) is 0. The van der Waals surface area contributed by atoms with Crippen LogP contribution in [0.2, 0.25) is 0 Å². The van der Waals surface area contributed by atoms with Crippen LogP contribution in [-0.4, -0.2) is 0 Å². The highest BCUT2D eigenvalue weighted by atomic mass is 14.4. The molecule has 0 spiro atoms. The molecule has 0 radical (unpaired) electrons. The Labute approximate surface area is 109 Å². The fraction of sp³-hybridized carbons (Fsp3) is 0.714. The van der Waals surface area contributed by atoms with E-state index in [4.69, 9.17) is 21.0 Å². The zero-order valence-corrected chi connectivity index (χ0v) is 10.9. The molecule has 4 atom stereocenters. The van der Waals surface area contributed by atoms with Crippen LogP contribution in [0.1, 0.15) is 39.5 Å². The van der Waals surface area contributed by atoms with Crippen LogP contribution in [0.5, 0.6) is 0 Å². The first-order valence-corrected chi connectivity index (χ1v) is 6.19. The van der Waals surface area contributed by atoms with Crippen LogP contribution in [0, 0.1) is 69.0 Å². The van der Waals surface area contributed by atoms with Crippen molar-refractivity contribution in [3.8, 4) is 24.3 Å². The van der Waals surface area contributed by atoms with E-state index in [0.29, 0.717) is 19.3 Å². The molecule has 18 heavy (non-hydrogen) atoms. The van der Waals surface area contributed by atoms with Crippen molar-refractivity contribution < 1.29 is 0 Å². The quantitative estimate of drug-likeness (QED) is 0.685. The third-order valence-electron chi connectivity index (χ3n) is 3.04. The first-order chi connectivity index (χ1) is 8.60. The summed E-state index contributed by atoms with van der Waals surface area (Å²) >= 11 is 0. The molecule has 4 heteroatoms. The van der Waals surface area contributed by atoms with Gasteiger partial charge in [0.1, 0.15) is 0 Å². The Bertz CT molecular complexity index is 401. The van der Waals surface area contributed by atoms with Crippen molar-refractivity contribution in [2.24, 2.45) is 23.7 Å². The van der Waals surface area contributed by atoms with Crippen molar-refractivity contribution >= 4 is 0 Å². The number of nitriles is 4. The van der Waals surface area contributed by atoms with Crippen LogP contribution in [0.15, 0.2) is 0 Å². The van der Waals surface area contributed by atoms with Gasteiger partial charge in [-0.15, -0.1) is 0 Å². The molecule has 0 aromatic rings. The lowest BCUT2D eigenvalue weighted by atomic mass is 9.84. The molecule has 0 bridgehead atoms. The number of hydrogen-bond donors (Lipinski definition) is 0. The van der Waals surface area contributed by atoms with Crippen molar-refractivity contribution in [1.82, 2.24) is 0 Å². The van der Waals surface area contributed by atoms with Gasteiger partial charge in [-0.25, -0.2) is 0 Å². The monoisotopic (exact) mass is 242 g/mol. The van der Waals surface area contributed by atoms with E-state index in [1.54, 1.807) is 6.92 Å². The summed E-state index contributed by atoms with van der Waals surface area (Å²) in [5, 5.41) is 35.7. The Hall–Kier alpha value is -2.04. The molecule has 0 N–H and O–H groups in total. The number of rotatable bonds is 7. The van der Waals surface area contributed by atoms with Gasteiger partial charge in [0.2, 0.25) is 0 Å². The van der Waals surface area contributed by atoms with Gasteiger partial charge in [-0.3, -0.25) is 0 Å². The molecule has 0 saturated carbocycles. The first-order valence-electron chi connectivity index (χ1n) is 6.19. The summed E-state index contributed by atoms with van der Waals surface area (Å²) in [6.45, 7) is 3.69. The Morgan fingerprint density at radius 3 is 1.56 bits per heavy atom. The van der Waals surface area contributed by atoms with Gasteiger partial charge >= 0.3 is 0 Å². The minimum atomic E-state index is -0.277. The highest BCUT2D eigenvalue weighted by molar-refractivity contribution is 4.97. The van der Waals surface area contributed by atoms with Gasteiger partial charge in [0, 0.05) is 23.7 Å². The lowest BCUT2D eigenvalue weighted by Crippen LogP contribution is -2.12. The zero-order chi connectivity index (χ0) is 14.0. The summed E-state index contributed by atoms with van der Waals surface area (Å²) in [6.07, 6.45) is 2.19. The van der Waals surface area contributed by atoms with Gasteiger partial charge < -0.3 is 0 Å². The smallest absolute Gasteiger partial charge is 0.0656 e. The highest BCUT2D eigenvalue weighted by Gasteiger charge is 2.21. The van der Waals surface area contributed by atoms with E-state index < -0.39 is 0 Å². The molecule has 0 heterocycles. The van der Waals surface area contributed by atoms with E-state index in [-0.39, 0.29) is 23.7 Å². The lowest BCUT2D eigenvalue weighted by molar-refractivity contribution is 0.391. The molecule has 4 unspecified atom stereocenters. The van der Waals surface area contributed by atoms with Crippen molar-refractivity contribution in [3.05, 3.63) is 0 Å². The van der Waals surface area contributed by atoms with Gasteiger partial charge in [0.15, 0.2) is 0 Å². The molecule has 0 amide bonds. The molecule has 0 aliphatic heterocycles. The molecule has 0 aliphatic rings. The van der Waals surface area contributed by atoms with Crippen LogP contribution in [-0.2, 0) is 0 Å². The molecule has 0 aromatic heterocycles. The fourth-order valence-corrected chi connectivity index (χ4v) is 1.88. The van der Waals surface area contributed by atoms with Crippen molar-refractivity contribution in [2.75, 3.05) is 0 Å². The van der Waals surface area contributed by atoms with Gasteiger partial charge in [0.25, 0.3) is 0 Å². The van der Waals surface area contributed by atoms with Crippen molar-refractivity contribution in [3.63, 3.8) is 0 Å². The first kappa shape index (κ1) is 16.0. The predicted molar refractivity (Wildman–Crippen MR) is 66.2 cm³/mol. The van der Waals surface area contributed by atoms with E-state index in [1.165, 1.54) is 0 Å². The summed E-state index contributed by atoms with van der Waals surface area (Å²) in [4.78, 5) is 0. The second-order valence-corrected chi connectivity index (χ2v) is 4.62. The molecule has 94 valence electrons. The summed E-state index contributed by atoms with van der Waals surface area (Å²) in [5.41, 5.74) is 0. The van der Waals surface area contributed by atoms with E-state index in [1.807, 2.05) is 6.92 Å². The van der Waals surface area contributed by atoms with Crippen LogP contribution in [0.25, 0.3) is 0 Å². The summed E-state index contributed by atoms with van der Waals surface area (Å²) < 4.78 is 0. The minimum absolute atomic E-state index is 0.123. The van der Waals surface area contributed by atoms with Crippen LogP contribution in [0.3, 0.4) is 0 Å². The summed E-state index contributed by atoms with van der Waals surface area (Å²) in [5.74, 6) is -0.847. The second-order valence-electron chi connectivity index (χ2n) is 4.62. The van der Waals surface area contributed by atoms with Gasteiger partial charge in [-0.05, 0) is 32.6 Å². The Morgan fingerprint density at radius 2 is 1.17 bits per heavy atom. The molecule has 0 rings (SSSR count). The molecule has 0 saturated heterocycles. The summed E-state index contributed by atoms with van der Waals surface area (Å²) in [6, 6.07) is 8.60. The average Bonchev–Trinajstić information content (AvgIpc) is 2.41. The van der Waals surface area contributed by atoms with Gasteiger partial charge in [-0.1, -0.05) is 6.92 Å². The van der Waals surface area contributed by atoms with E-state index in [2.05, 4.69) is 24.3 Å². The molecular weight excluding hydrogens is 224 g/mol. The van der Waals surface area contributed by atoms with E-state index >= 15 is 0 Å². The molecule has 0 aliphatic carbocycles. The number of nitrogens with zero attached hydrogens (tertiary/aromatic N) is 4. The second kappa shape index (κ2) is 9.04. The third kappa shape index (κ3) is 5.89. The maximum atomic E-state index is 9.07. The minimum Gasteiger partial charge on any atom is -0.198 e. The van der Waals surface area contributed by atoms with Gasteiger partial charge in [0.05, 0.1) is 24.3 Å². The molecule has 4 nitrogen and oxygen atoms in total. The fourth-order valence-electron chi connectivity index (χ4n) is 1.88. The third-order valence-corrected chi connectivity index (χ3v) is 3.04. The Balaban J connectivity index is 4.44. The zero-order valence-electron chi connectivity index (χ0n) is 10.9. The molecule has 0 fully saturated rings. The van der Waals surface area contributed by atoms with Crippen molar-refractivity contribution in [1.29, 1.82) is 21.0 Å². The maximum absolute atomic E-state index is 9.07. The normalized spacial score (nSPS) is 16.1. The maximum Gasteiger partial charge on any atom is 0.0656 e. The van der Waals surface area contributed by atoms with Crippen LogP contribution >= 0.6 is 0 Å². The van der Waals surface area contributed by atoms with Gasteiger partial charge in [-0.2, -0.15) is 21.0 Å². The van der Waals surface area contributed by atoms with Crippen LogP contribution in [0.4, 0.5) is 0 Å². The Kier molecular flexibility index (Phi) is 8.01. The SMILES string of the molecule is CCC(C#N)CC(C#N)CC(C#N)CC(C)C#N. The van der Waals surface area contributed by atoms with E-state index in [0.717, 1.165) is 6.42 Å². The van der Waals surface area contributed by atoms with Crippen LogP contribution < -0.4 is 0 Å². The standard InChI is InChI=1S/C14H18N4/c1-3-12(8-16)5-14(10-18)6-13(9-17)4-11(2)7-15/h11-14H,3-6H2,1-2H3. The largest absolute Gasteiger partial charge is 0.198 e. The van der Waals surface area contributed by atoms with Crippen molar-refractivity contribution in [2.45, 2.75) is 39.5 Å². The lowest BCUT2D eigenvalue weighted by Gasteiger charge is -2.16. The molecular formula is C14H18N4. The van der Waals surface area contributed by atoms with E-state index in [9.17, 15) is 0 Å².